The van der Waals surface area contributed by atoms with Crippen molar-refractivity contribution in [3.05, 3.63) is 144 Å². The van der Waals surface area contributed by atoms with Crippen LogP contribution in [0.2, 0.25) is 0 Å². The molecule has 0 atom stereocenters. The van der Waals surface area contributed by atoms with E-state index in [-0.39, 0.29) is 23.1 Å². The lowest BCUT2D eigenvalue weighted by molar-refractivity contribution is 0.588. The molecule has 0 saturated carbocycles. The number of aryl methyl sites for hydroxylation is 1. The smallest absolute Gasteiger partial charge is 0.168 e. The second kappa shape index (κ2) is 12.8. The van der Waals surface area contributed by atoms with Crippen molar-refractivity contribution in [2.45, 2.75) is 72.6 Å². The summed E-state index contributed by atoms with van der Waals surface area (Å²) in [4.78, 5) is 4.91. The molecule has 0 spiro atoms. The van der Waals surface area contributed by atoms with Crippen LogP contribution in [-0.4, -0.2) is 28.9 Å². The predicted molar refractivity (Wildman–Crippen MR) is 225 cm³/mol. The molecule has 0 fully saturated rings. The predicted octanol–water partition coefficient (Wildman–Crippen LogP) is 12.5. The Hall–Kier alpha value is -6.08. The van der Waals surface area contributed by atoms with Crippen molar-refractivity contribution in [1.29, 1.82) is 0 Å². The van der Waals surface area contributed by atoms with Crippen LogP contribution in [0.25, 0.3) is 72.2 Å². The van der Waals surface area contributed by atoms with Gasteiger partial charge >= 0.3 is 0 Å². The maximum Gasteiger partial charge on any atom is 0.168 e. The number of fused-ring (bicyclic) bond motifs is 6. The molecule has 0 radical (unpaired) electrons. The monoisotopic (exact) mass is 724 g/mol. The van der Waals surface area contributed by atoms with Gasteiger partial charge in [0.15, 0.2) is 5.82 Å². The lowest BCUT2D eigenvalue weighted by Gasteiger charge is -2.22. The Balaban J connectivity index is 1.33. The van der Waals surface area contributed by atoms with Gasteiger partial charge in [-0.3, -0.25) is 9.13 Å². The molecule has 0 amide bonds. The van der Waals surface area contributed by atoms with Crippen LogP contribution in [-0.2, 0) is 5.41 Å². The summed E-state index contributed by atoms with van der Waals surface area (Å²) in [7, 11) is 0. The topological polar surface area (TPSA) is 53.5 Å². The van der Waals surface area contributed by atoms with E-state index in [4.69, 9.17) is 10.1 Å². The largest absolute Gasteiger partial charge is 0.306 e. The maximum atomic E-state index is 16.6. The van der Waals surface area contributed by atoms with Gasteiger partial charge in [-0.15, -0.1) is 10.2 Å². The Labute approximate surface area is 320 Å². The molecule has 0 bridgehead atoms. The number of aromatic nitrogens is 6. The number of hydrogen-bond acceptors (Lipinski definition) is 3. The van der Waals surface area contributed by atoms with Gasteiger partial charge in [-0.25, -0.2) is 9.37 Å². The van der Waals surface area contributed by atoms with E-state index in [1.165, 1.54) is 16.7 Å². The van der Waals surface area contributed by atoms with Gasteiger partial charge in [0.05, 0.1) is 33.4 Å². The highest BCUT2D eigenvalue weighted by molar-refractivity contribution is 6.19. The van der Waals surface area contributed by atoms with Gasteiger partial charge < -0.3 is 4.57 Å². The Kier molecular flexibility index (Phi) is 8.05. The molecule has 0 aliphatic rings. The maximum absolute atomic E-state index is 16.6. The summed E-state index contributed by atoms with van der Waals surface area (Å²) in [5, 5.41) is 13.7. The second-order valence-electron chi connectivity index (χ2n) is 16.4. The van der Waals surface area contributed by atoms with E-state index in [0.29, 0.717) is 11.5 Å². The quantitative estimate of drug-likeness (QED) is 0.172. The third-order valence-electron chi connectivity index (χ3n) is 11.1. The van der Waals surface area contributed by atoms with Crippen LogP contribution in [0.15, 0.2) is 115 Å². The van der Waals surface area contributed by atoms with Gasteiger partial charge in [-0.05, 0) is 95.5 Å². The molecule has 5 aromatic carbocycles. The van der Waals surface area contributed by atoms with Gasteiger partial charge in [0, 0.05) is 33.3 Å². The number of pyridine rings is 1. The van der Waals surface area contributed by atoms with Crippen molar-refractivity contribution in [2.24, 2.45) is 0 Å². The zero-order valence-electron chi connectivity index (χ0n) is 32.7. The number of nitrogens with zero attached hydrogens (tertiary/aromatic N) is 6. The molecule has 0 aliphatic carbocycles. The van der Waals surface area contributed by atoms with Crippen LogP contribution in [0.3, 0.4) is 0 Å². The highest BCUT2D eigenvalue weighted by Crippen LogP contribution is 2.41. The third-order valence-corrected chi connectivity index (χ3v) is 11.1. The number of rotatable bonds is 6. The minimum absolute atomic E-state index is 0.0469. The van der Waals surface area contributed by atoms with Gasteiger partial charge in [0.25, 0.3) is 0 Å². The Morgan fingerprint density at radius 2 is 1.20 bits per heavy atom. The fraction of sp³-hybridized carbons (Fsp3) is 0.229. The normalized spacial score (nSPS) is 12.4. The molecule has 274 valence electrons. The van der Waals surface area contributed by atoms with Crippen LogP contribution in [0.1, 0.15) is 82.8 Å². The Morgan fingerprint density at radius 3 is 1.84 bits per heavy atom. The van der Waals surface area contributed by atoms with Crippen LogP contribution in [0.4, 0.5) is 4.39 Å². The van der Waals surface area contributed by atoms with Crippen LogP contribution >= 0.6 is 0 Å². The van der Waals surface area contributed by atoms with Crippen LogP contribution in [0.5, 0.6) is 0 Å². The fourth-order valence-electron chi connectivity index (χ4n) is 8.35. The first-order valence-corrected chi connectivity index (χ1v) is 19.2. The van der Waals surface area contributed by atoms with Gasteiger partial charge in [-0.2, -0.15) is 0 Å². The summed E-state index contributed by atoms with van der Waals surface area (Å²) in [6, 6.07) is 37.4. The Bertz CT molecular complexity index is 2920. The summed E-state index contributed by atoms with van der Waals surface area (Å²) in [6.45, 7) is 17.5. The van der Waals surface area contributed by atoms with Crippen molar-refractivity contribution < 1.29 is 4.39 Å². The average Bonchev–Trinajstić information content (AvgIpc) is 3.82. The van der Waals surface area contributed by atoms with E-state index < -0.39 is 0 Å². The minimum atomic E-state index is -0.320. The van der Waals surface area contributed by atoms with Crippen molar-refractivity contribution in [2.75, 3.05) is 0 Å². The molecule has 9 aromatic rings. The molecular formula is C48H45FN6. The summed E-state index contributed by atoms with van der Waals surface area (Å²) in [5.74, 6) is 2.56. The van der Waals surface area contributed by atoms with Gasteiger partial charge in [0.1, 0.15) is 17.5 Å². The van der Waals surface area contributed by atoms with E-state index >= 15 is 4.39 Å². The minimum Gasteiger partial charge on any atom is -0.306 e. The second-order valence-corrected chi connectivity index (χ2v) is 16.4. The summed E-state index contributed by atoms with van der Waals surface area (Å²) >= 11 is 0. The van der Waals surface area contributed by atoms with E-state index in [1.807, 2.05) is 31.3 Å². The first-order chi connectivity index (χ1) is 26.4. The molecule has 4 aromatic heterocycles. The molecule has 7 heteroatoms. The lowest BCUT2D eigenvalue weighted by Crippen LogP contribution is -2.12. The number of para-hydroxylation sites is 3. The molecule has 4 heterocycles. The summed E-state index contributed by atoms with van der Waals surface area (Å²) in [5.41, 5.74) is 9.87. The van der Waals surface area contributed by atoms with E-state index in [0.717, 1.165) is 66.5 Å². The molecule has 0 N–H and O–H groups in total. The SMILES string of the molecule is Cc1nnc(-c2ccc(F)c(-n3c4ccccc4c4cc5c6ccccc6n(-c6cc(C(C)(C)C)ccn6)c5cc43)c2)n1-c1c(C(C)C)cccc1C(C)C. The number of benzene rings is 5. The molecule has 9 rings (SSSR count). The highest BCUT2D eigenvalue weighted by Gasteiger charge is 2.25. The summed E-state index contributed by atoms with van der Waals surface area (Å²) in [6.07, 6.45) is 1.90. The highest BCUT2D eigenvalue weighted by atomic mass is 19.1. The standard InChI is InChI=1S/C48H45FN6/c1-28(2)33-16-13-17-34(29(3)4)46(33)53-30(5)51-52-47(53)31-20-21-39(49)44(24-31)54-40-18-11-9-14-35(40)37-26-38-36-15-10-12-19-41(36)55(43(38)27-42(37)54)45-25-32(22-23-50-45)48(6,7)8/h9-29H,1-8H3. The number of halogens is 1. The molecule has 55 heavy (non-hydrogen) atoms. The van der Waals surface area contributed by atoms with Gasteiger partial charge in [-0.1, -0.05) is 103 Å². The average molecular weight is 725 g/mol. The zero-order chi connectivity index (χ0) is 38.3. The molecule has 0 aliphatic heterocycles. The number of hydrogen-bond donors (Lipinski definition) is 0. The van der Waals surface area contributed by atoms with Crippen molar-refractivity contribution >= 4 is 43.6 Å². The lowest BCUT2D eigenvalue weighted by atomic mass is 9.88. The van der Waals surface area contributed by atoms with Gasteiger partial charge in [0.2, 0.25) is 0 Å². The van der Waals surface area contributed by atoms with Crippen LogP contribution < -0.4 is 0 Å². The van der Waals surface area contributed by atoms with Crippen LogP contribution in [0, 0.1) is 12.7 Å². The fourth-order valence-corrected chi connectivity index (χ4v) is 8.35. The zero-order valence-corrected chi connectivity index (χ0v) is 32.7. The summed E-state index contributed by atoms with van der Waals surface area (Å²) < 4.78 is 23.1. The van der Waals surface area contributed by atoms with Crippen molar-refractivity contribution in [3.8, 4) is 28.6 Å². The third kappa shape index (κ3) is 5.47. The Morgan fingerprint density at radius 1 is 0.582 bits per heavy atom. The molecular weight excluding hydrogens is 680 g/mol. The molecule has 0 unspecified atom stereocenters. The van der Waals surface area contributed by atoms with Crippen molar-refractivity contribution in [3.63, 3.8) is 0 Å². The van der Waals surface area contributed by atoms with E-state index in [9.17, 15) is 0 Å². The first-order valence-electron chi connectivity index (χ1n) is 19.2. The first kappa shape index (κ1) is 34.7. The van der Waals surface area contributed by atoms with E-state index in [1.54, 1.807) is 6.07 Å². The van der Waals surface area contributed by atoms with Crippen molar-refractivity contribution in [1.82, 2.24) is 28.9 Å². The molecule has 0 saturated heterocycles. The molecule has 6 nitrogen and oxygen atoms in total. The van der Waals surface area contributed by atoms with E-state index in [2.05, 4.69) is 152 Å².